The molecule has 0 radical (unpaired) electrons. The van der Waals surface area contributed by atoms with Crippen LogP contribution in [0, 0.1) is 5.82 Å². The number of hydrogen-bond donors (Lipinski definition) is 3. The van der Waals surface area contributed by atoms with Gasteiger partial charge in [0.05, 0.1) is 40.3 Å². The number of hydrogen-bond acceptors (Lipinski definition) is 10. The van der Waals surface area contributed by atoms with E-state index in [0.29, 0.717) is 22.9 Å². The third kappa shape index (κ3) is 5.51. The molecule has 1 heterocycles. The van der Waals surface area contributed by atoms with Crippen LogP contribution in [0.1, 0.15) is 0 Å². The summed E-state index contributed by atoms with van der Waals surface area (Å²) in [6, 6.07) is 7.96. The number of nitrogens with zero attached hydrogens (tertiary/aromatic N) is 2. The minimum atomic E-state index is -2.64. The van der Waals surface area contributed by atoms with E-state index in [1.54, 1.807) is 24.3 Å². The number of benzene rings is 2. The first-order chi connectivity index (χ1) is 15.9. The molecule has 0 saturated carbocycles. The van der Waals surface area contributed by atoms with Crippen LogP contribution in [0.4, 0.5) is 33.2 Å². The number of halogens is 1. The van der Waals surface area contributed by atoms with Crippen LogP contribution in [-0.2, 0) is 11.3 Å². The molecule has 0 fully saturated rings. The molecule has 3 aromatic rings. The van der Waals surface area contributed by atoms with Gasteiger partial charge in [-0.05, 0) is 12.1 Å². The Balaban J connectivity index is 1.94. The van der Waals surface area contributed by atoms with Crippen LogP contribution in [-0.4, -0.2) is 47.2 Å². The molecule has 176 valence electrons. The van der Waals surface area contributed by atoms with Crippen molar-refractivity contribution < 1.29 is 32.1 Å². The largest absolute Gasteiger partial charge is 0.755 e. The van der Waals surface area contributed by atoms with E-state index in [0.717, 1.165) is 6.20 Å². The zero-order valence-electron chi connectivity index (χ0n) is 18.1. The summed E-state index contributed by atoms with van der Waals surface area (Å²) in [5.74, 6) is 0.527. The van der Waals surface area contributed by atoms with Gasteiger partial charge < -0.3 is 38.9 Å². The minimum Gasteiger partial charge on any atom is -0.755 e. The maximum Gasteiger partial charge on any atom is 0.229 e. The molecule has 0 aliphatic rings. The molecular formula is C20H21FN5O6S-. The summed E-state index contributed by atoms with van der Waals surface area (Å²) in [6.07, 6.45) is 0.967. The van der Waals surface area contributed by atoms with Crippen molar-refractivity contribution in [1.82, 2.24) is 9.97 Å². The van der Waals surface area contributed by atoms with Gasteiger partial charge in [0.25, 0.3) is 0 Å². The van der Waals surface area contributed by atoms with Gasteiger partial charge in [0, 0.05) is 29.1 Å². The monoisotopic (exact) mass is 478 g/mol. The molecule has 0 amide bonds. The normalized spacial score (nSPS) is 11.3. The summed E-state index contributed by atoms with van der Waals surface area (Å²) in [5.41, 5.74) is 0.799. The SMILES string of the molecule is COc1cccc(Nc2nc(Nc3cc(OC)c(OC)c(OC)c3)ncc2F)c1NS(=O)[O-]. The van der Waals surface area contributed by atoms with Crippen molar-refractivity contribution in [3.05, 3.63) is 42.3 Å². The molecule has 1 unspecified atom stereocenters. The van der Waals surface area contributed by atoms with E-state index >= 15 is 0 Å². The molecule has 33 heavy (non-hydrogen) atoms. The minimum absolute atomic E-state index is 0.0537. The van der Waals surface area contributed by atoms with Crippen molar-refractivity contribution in [3.8, 4) is 23.0 Å². The van der Waals surface area contributed by atoms with Crippen LogP contribution in [0.5, 0.6) is 23.0 Å². The van der Waals surface area contributed by atoms with Crippen LogP contribution in [0.3, 0.4) is 0 Å². The Morgan fingerprint density at radius 3 is 2.21 bits per heavy atom. The summed E-state index contributed by atoms with van der Waals surface area (Å²) < 4.78 is 60.2. The maximum atomic E-state index is 14.5. The van der Waals surface area contributed by atoms with Gasteiger partial charge in [0.2, 0.25) is 11.7 Å². The molecule has 11 nitrogen and oxygen atoms in total. The van der Waals surface area contributed by atoms with Crippen molar-refractivity contribution >= 4 is 40.1 Å². The van der Waals surface area contributed by atoms with E-state index in [1.807, 2.05) is 0 Å². The van der Waals surface area contributed by atoms with Crippen LogP contribution < -0.4 is 34.3 Å². The van der Waals surface area contributed by atoms with Crippen molar-refractivity contribution in [2.24, 2.45) is 0 Å². The molecular weight excluding hydrogens is 457 g/mol. The number of anilines is 5. The second-order valence-corrected chi connectivity index (χ2v) is 6.95. The highest BCUT2D eigenvalue weighted by atomic mass is 32.2. The van der Waals surface area contributed by atoms with E-state index in [-0.39, 0.29) is 28.9 Å². The third-order valence-corrected chi connectivity index (χ3v) is 4.72. The van der Waals surface area contributed by atoms with E-state index in [9.17, 15) is 13.2 Å². The third-order valence-electron chi connectivity index (χ3n) is 4.35. The van der Waals surface area contributed by atoms with Gasteiger partial charge in [-0.25, -0.2) is 9.37 Å². The second kappa shape index (κ2) is 10.7. The van der Waals surface area contributed by atoms with Crippen LogP contribution >= 0.6 is 0 Å². The van der Waals surface area contributed by atoms with Gasteiger partial charge in [0.1, 0.15) is 11.4 Å². The standard InChI is InChI=1S/C20H22FN5O6S/c1-29-14-7-5-6-13(17(14)26-33(27)28)24-19-12(21)10-22-20(25-19)23-11-8-15(30-2)18(32-4)16(9-11)31-3/h5-10,26H,1-4H3,(H,27,28)(H2,22,23,24,25)/p-1. The molecule has 2 aromatic carbocycles. The van der Waals surface area contributed by atoms with Crippen LogP contribution in [0.2, 0.25) is 0 Å². The lowest BCUT2D eigenvalue weighted by Gasteiger charge is -2.18. The average Bonchev–Trinajstić information content (AvgIpc) is 2.81. The fourth-order valence-electron chi connectivity index (χ4n) is 2.92. The predicted molar refractivity (Wildman–Crippen MR) is 120 cm³/mol. The van der Waals surface area contributed by atoms with E-state index in [2.05, 4.69) is 25.3 Å². The van der Waals surface area contributed by atoms with Crippen molar-refractivity contribution in [3.63, 3.8) is 0 Å². The summed E-state index contributed by atoms with van der Waals surface area (Å²) in [5, 5.41) is 5.70. The summed E-state index contributed by atoms with van der Waals surface area (Å²) in [4.78, 5) is 8.09. The maximum absolute atomic E-state index is 14.5. The number of para-hydroxylation sites is 1. The van der Waals surface area contributed by atoms with Gasteiger partial charge in [-0.3, -0.25) is 4.21 Å². The van der Waals surface area contributed by atoms with Gasteiger partial charge >= 0.3 is 0 Å². The zero-order valence-corrected chi connectivity index (χ0v) is 18.9. The average molecular weight is 478 g/mol. The summed E-state index contributed by atoms with van der Waals surface area (Å²) >= 11 is -2.64. The first-order valence-electron chi connectivity index (χ1n) is 9.29. The first kappa shape index (κ1) is 23.8. The summed E-state index contributed by atoms with van der Waals surface area (Å²) in [7, 11) is 5.82. The van der Waals surface area contributed by atoms with Gasteiger partial charge in [-0.15, -0.1) is 0 Å². The molecule has 0 spiro atoms. The molecule has 3 N–H and O–H groups in total. The molecule has 3 rings (SSSR count). The lowest BCUT2D eigenvalue weighted by Crippen LogP contribution is -2.09. The highest BCUT2D eigenvalue weighted by molar-refractivity contribution is 7.80. The van der Waals surface area contributed by atoms with E-state index < -0.39 is 17.1 Å². The van der Waals surface area contributed by atoms with Crippen molar-refractivity contribution in [1.29, 1.82) is 0 Å². The first-order valence-corrected chi connectivity index (χ1v) is 10.4. The van der Waals surface area contributed by atoms with Crippen molar-refractivity contribution in [2.45, 2.75) is 0 Å². The van der Waals surface area contributed by atoms with Crippen molar-refractivity contribution in [2.75, 3.05) is 43.8 Å². The molecule has 0 aliphatic heterocycles. The predicted octanol–water partition coefficient (Wildman–Crippen LogP) is 3.34. The molecule has 13 heteroatoms. The Morgan fingerprint density at radius 1 is 0.970 bits per heavy atom. The molecule has 0 aliphatic carbocycles. The van der Waals surface area contributed by atoms with Gasteiger partial charge in [0.15, 0.2) is 23.1 Å². The number of nitrogens with one attached hydrogen (secondary N) is 3. The Bertz CT molecular complexity index is 1140. The Labute approximate surface area is 191 Å². The fourth-order valence-corrected chi connectivity index (χ4v) is 3.30. The molecule has 0 bridgehead atoms. The van der Waals surface area contributed by atoms with E-state index in [1.165, 1.54) is 34.5 Å². The Kier molecular flexibility index (Phi) is 7.69. The Morgan fingerprint density at radius 2 is 1.64 bits per heavy atom. The molecule has 1 aromatic heterocycles. The number of aromatic nitrogens is 2. The lowest BCUT2D eigenvalue weighted by atomic mass is 10.2. The van der Waals surface area contributed by atoms with E-state index in [4.69, 9.17) is 18.9 Å². The number of ether oxygens (including phenoxy) is 4. The topological polar surface area (TPSA) is 139 Å². The van der Waals surface area contributed by atoms with Gasteiger partial charge in [-0.2, -0.15) is 4.98 Å². The van der Waals surface area contributed by atoms with Crippen LogP contribution in [0.25, 0.3) is 0 Å². The van der Waals surface area contributed by atoms with Gasteiger partial charge in [-0.1, -0.05) is 6.07 Å². The molecule has 0 saturated heterocycles. The number of rotatable bonds is 10. The highest BCUT2D eigenvalue weighted by Crippen LogP contribution is 2.40. The fraction of sp³-hybridized carbons (Fsp3) is 0.200. The quantitative estimate of drug-likeness (QED) is 0.372. The molecule has 1 atom stereocenters. The smallest absolute Gasteiger partial charge is 0.229 e. The van der Waals surface area contributed by atoms with Crippen LogP contribution in [0.15, 0.2) is 36.5 Å². The Hall–Kier alpha value is -3.84. The second-order valence-electron chi connectivity index (χ2n) is 6.27. The highest BCUT2D eigenvalue weighted by Gasteiger charge is 2.16. The zero-order chi connectivity index (χ0) is 24.0. The summed E-state index contributed by atoms with van der Waals surface area (Å²) in [6.45, 7) is 0. The number of methoxy groups -OCH3 is 4. The lowest BCUT2D eigenvalue weighted by molar-refractivity contribution is 0.324.